The molecule has 174 valence electrons. The molecule has 3 aromatic carbocycles. The van der Waals surface area contributed by atoms with Crippen LogP contribution >= 0.6 is 0 Å². The van der Waals surface area contributed by atoms with Crippen LogP contribution in [0.25, 0.3) is 5.57 Å². The highest BCUT2D eigenvalue weighted by Gasteiger charge is 2.40. The second-order valence-corrected chi connectivity index (χ2v) is 7.93. The van der Waals surface area contributed by atoms with E-state index < -0.39 is 23.6 Å². The monoisotopic (exact) mass is 466 g/mol. The molecule has 0 spiro atoms. The van der Waals surface area contributed by atoms with Crippen molar-refractivity contribution in [2.45, 2.75) is 26.1 Å². The molecular weight excluding hydrogens is 445 g/mol. The molecule has 0 fully saturated rings. The number of ether oxygens (including phenoxy) is 1. The molecule has 1 heterocycles. The number of hydrogen-bond donors (Lipinski definition) is 1. The van der Waals surface area contributed by atoms with Crippen molar-refractivity contribution in [3.8, 4) is 5.75 Å². The third-order valence-electron chi connectivity index (χ3n) is 5.07. The number of nitrogens with zero attached hydrogens (tertiary/aromatic N) is 1. The second-order valence-electron chi connectivity index (χ2n) is 7.93. The average molecular weight is 466 g/mol. The maximum absolute atomic E-state index is 13.4. The fourth-order valence-corrected chi connectivity index (χ4v) is 3.62. The Hall–Kier alpha value is -4.07. The number of amides is 2. The van der Waals surface area contributed by atoms with Crippen molar-refractivity contribution in [1.29, 1.82) is 0 Å². The first-order chi connectivity index (χ1) is 16.1. The van der Waals surface area contributed by atoms with Gasteiger partial charge in [0, 0.05) is 5.69 Å². The first-order valence-electron chi connectivity index (χ1n) is 10.5. The molecule has 5 nitrogen and oxygen atoms in total. The van der Waals surface area contributed by atoms with E-state index in [2.05, 4.69) is 5.32 Å². The van der Waals surface area contributed by atoms with Crippen molar-refractivity contribution >= 4 is 28.8 Å². The molecule has 0 bridgehead atoms. The Kier molecular flexibility index (Phi) is 6.15. The van der Waals surface area contributed by atoms with E-state index in [4.69, 9.17) is 4.74 Å². The van der Waals surface area contributed by atoms with Crippen molar-refractivity contribution in [2.75, 3.05) is 10.2 Å². The molecule has 1 N–H and O–H groups in total. The van der Waals surface area contributed by atoms with E-state index in [1.54, 1.807) is 54.6 Å². The summed E-state index contributed by atoms with van der Waals surface area (Å²) >= 11 is 0. The lowest BCUT2D eigenvalue weighted by molar-refractivity contribution is -0.137. The Morgan fingerprint density at radius 1 is 0.853 bits per heavy atom. The molecule has 0 saturated carbocycles. The van der Waals surface area contributed by atoms with Gasteiger partial charge in [0.05, 0.1) is 22.9 Å². The number of rotatable bonds is 6. The predicted molar refractivity (Wildman–Crippen MR) is 123 cm³/mol. The van der Waals surface area contributed by atoms with Gasteiger partial charge >= 0.3 is 6.18 Å². The van der Waals surface area contributed by atoms with Crippen LogP contribution in [0, 0.1) is 0 Å². The second kappa shape index (κ2) is 9.05. The molecule has 1 aliphatic heterocycles. The number of imide groups is 1. The van der Waals surface area contributed by atoms with E-state index in [1.165, 1.54) is 12.1 Å². The number of hydrogen-bond acceptors (Lipinski definition) is 4. The van der Waals surface area contributed by atoms with E-state index in [-0.39, 0.29) is 23.1 Å². The molecule has 0 unspecified atom stereocenters. The average Bonchev–Trinajstić information content (AvgIpc) is 3.03. The summed E-state index contributed by atoms with van der Waals surface area (Å²) in [6.07, 6.45) is -4.59. The molecule has 3 aromatic rings. The summed E-state index contributed by atoms with van der Waals surface area (Å²) in [4.78, 5) is 27.8. The highest BCUT2D eigenvalue weighted by Crippen LogP contribution is 2.36. The Balaban J connectivity index is 1.74. The van der Waals surface area contributed by atoms with Crippen molar-refractivity contribution in [3.05, 3.63) is 95.7 Å². The number of alkyl halides is 3. The standard InChI is InChI=1S/C26H21F3N2O3/c1-16(2)34-21-13-11-20(12-14-21)31-24(32)22(17-7-4-3-5-8-17)23(25(31)33)30-19-10-6-9-18(15-19)26(27,28)29/h3-16,30H,1-2H3. The van der Waals surface area contributed by atoms with E-state index in [9.17, 15) is 22.8 Å². The molecule has 34 heavy (non-hydrogen) atoms. The Morgan fingerprint density at radius 2 is 1.53 bits per heavy atom. The third kappa shape index (κ3) is 4.66. The molecule has 1 aliphatic rings. The van der Waals surface area contributed by atoms with Gasteiger partial charge in [-0.1, -0.05) is 36.4 Å². The van der Waals surface area contributed by atoms with Crippen LogP contribution in [-0.4, -0.2) is 17.9 Å². The zero-order valence-electron chi connectivity index (χ0n) is 18.4. The lowest BCUT2D eigenvalue weighted by Crippen LogP contribution is -2.32. The molecule has 8 heteroatoms. The van der Waals surface area contributed by atoms with Gasteiger partial charge in [0.1, 0.15) is 11.4 Å². The van der Waals surface area contributed by atoms with Crippen LogP contribution in [0.3, 0.4) is 0 Å². The summed E-state index contributed by atoms with van der Waals surface area (Å²) in [6, 6.07) is 19.5. The van der Waals surface area contributed by atoms with Crippen molar-refractivity contribution < 1.29 is 27.5 Å². The minimum atomic E-state index is -4.55. The Bertz CT molecular complexity index is 1250. The van der Waals surface area contributed by atoms with E-state index in [0.717, 1.165) is 17.0 Å². The van der Waals surface area contributed by atoms with E-state index >= 15 is 0 Å². The molecule has 0 saturated heterocycles. The van der Waals surface area contributed by atoms with Gasteiger partial charge in [-0.3, -0.25) is 9.59 Å². The van der Waals surface area contributed by atoms with Gasteiger partial charge in [0.25, 0.3) is 11.8 Å². The highest BCUT2D eigenvalue weighted by molar-refractivity contribution is 6.46. The molecule has 0 aliphatic carbocycles. The van der Waals surface area contributed by atoms with Crippen LogP contribution in [0.1, 0.15) is 25.0 Å². The van der Waals surface area contributed by atoms with Gasteiger partial charge in [-0.05, 0) is 61.9 Å². The fourth-order valence-electron chi connectivity index (χ4n) is 3.62. The molecular formula is C26H21F3N2O3. The lowest BCUT2D eigenvalue weighted by atomic mass is 10.0. The number of carbonyl (C=O) groups is 2. The minimum absolute atomic E-state index is 0.0435. The minimum Gasteiger partial charge on any atom is -0.491 e. The van der Waals surface area contributed by atoms with E-state index in [1.807, 2.05) is 13.8 Å². The van der Waals surface area contributed by atoms with Gasteiger partial charge in [0.2, 0.25) is 0 Å². The number of carbonyl (C=O) groups excluding carboxylic acids is 2. The fraction of sp³-hybridized carbons (Fsp3) is 0.154. The first kappa shape index (κ1) is 23.1. The zero-order valence-corrected chi connectivity index (χ0v) is 18.4. The van der Waals surface area contributed by atoms with Crippen LogP contribution in [0.4, 0.5) is 24.5 Å². The quantitative estimate of drug-likeness (QED) is 0.461. The molecule has 0 radical (unpaired) electrons. The van der Waals surface area contributed by atoms with Crippen LogP contribution in [0.2, 0.25) is 0 Å². The van der Waals surface area contributed by atoms with Crippen LogP contribution in [-0.2, 0) is 15.8 Å². The molecule has 2 amide bonds. The van der Waals surface area contributed by atoms with Crippen LogP contribution in [0.5, 0.6) is 5.75 Å². The molecule has 0 atom stereocenters. The van der Waals surface area contributed by atoms with Crippen molar-refractivity contribution in [2.24, 2.45) is 0 Å². The third-order valence-corrected chi connectivity index (χ3v) is 5.07. The topological polar surface area (TPSA) is 58.6 Å². The summed E-state index contributed by atoms with van der Waals surface area (Å²) in [5.74, 6) is -0.668. The summed E-state index contributed by atoms with van der Waals surface area (Å²) in [6.45, 7) is 3.76. The summed E-state index contributed by atoms with van der Waals surface area (Å²) in [5, 5.41) is 2.76. The van der Waals surface area contributed by atoms with Gasteiger partial charge in [-0.2, -0.15) is 13.2 Å². The van der Waals surface area contributed by atoms with Gasteiger partial charge in [-0.15, -0.1) is 0 Å². The Morgan fingerprint density at radius 3 is 2.15 bits per heavy atom. The highest BCUT2D eigenvalue weighted by atomic mass is 19.4. The number of nitrogens with one attached hydrogen (secondary N) is 1. The van der Waals surface area contributed by atoms with Crippen molar-refractivity contribution in [1.82, 2.24) is 0 Å². The van der Waals surface area contributed by atoms with Crippen molar-refractivity contribution in [3.63, 3.8) is 0 Å². The SMILES string of the molecule is CC(C)Oc1ccc(N2C(=O)C(Nc3cccc(C(F)(F)F)c3)=C(c3ccccc3)C2=O)cc1. The number of benzene rings is 3. The van der Waals surface area contributed by atoms with Gasteiger partial charge in [-0.25, -0.2) is 4.90 Å². The predicted octanol–water partition coefficient (Wildman–Crippen LogP) is 5.89. The zero-order chi connectivity index (χ0) is 24.5. The summed E-state index contributed by atoms with van der Waals surface area (Å²) in [5.41, 5.74) is -0.0582. The molecule has 4 rings (SSSR count). The van der Waals surface area contributed by atoms with Gasteiger partial charge in [0.15, 0.2) is 0 Å². The number of halogens is 3. The van der Waals surface area contributed by atoms with Gasteiger partial charge < -0.3 is 10.1 Å². The lowest BCUT2D eigenvalue weighted by Gasteiger charge is -2.17. The maximum atomic E-state index is 13.4. The first-order valence-corrected chi connectivity index (χ1v) is 10.5. The summed E-state index contributed by atoms with van der Waals surface area (Å²) < 4.78 is 45.1. The smallest absolute Gasteiger partial charge is 0.416 e. The number of anilines is 2. The van der Waals surface area contributed by atoms with E-state index in [0.29, 0.717) is 17.0 Å². The Labute approximate surface area is 194 Å². The summed E-state index contributed by atoms with van der Waals surface area (Å²) in [7, 11) is 0. The normalized spacial score (nSPS) is 14.2. The maximum Gasteiger partial charge on any atom is 0.416 e. The molecule has 0 aromatic heterocycles. The van der Waals surface area contributed by atoms with Crippen LogP contribution in [0.15, 0.2) is 84.6 Å². The van der Waals surface area contributed by atoms with Crippen LogP contribution < -0.4 is 15.0 Å². The largest absolute Gasteiger partial charge is 0.491 e.